The fourth-order valence-electron chi connectivity index (χ4n) is 1.48. The summed E-state index contributed by atoms with van der Waals surface area (Å²) in [4.78, 5) is 10.6. The highest BCUT2D eigenvalue weighted by atomic mass is 16.5. The standard InChI is InChI=1S/C8H14O2/c1-3-8(10-2)6-4-7(9)5-6/h6,8H,3-5H2,1-2H3. The molecule has 1 atom stereocenters. The van der Waals surface area contributed by atoms with Gasteiger partial charge < -0.3 is 4.74 Å². The van der Waals surface area contributed by atoms with Gasteiger partial charge in [0.2, 0.25) is 0 Å². The highest BCUT2D eigenvalue weighted by Gasteiger charge is 2.32. The fourth-order valence-corrected chi connectivity index (χ4v) is 1.48. The van der Waals surface area contributed by atoms with Gasteiger partial charge in [0.05, 0.1) is 6.10 Å². The molecule has 0 N–H and O–H groups in total. The molecule has 0 aromatic heterocycles. The average Bonchev–Trinajstić information content (AvgIpc) is 1.87. The molecule has 0 aromatic rings. The molecule has 0 bridgehead atoms. The third-order valence-electron chi connectivity index (χ3n) is 2.21. The van der Waals surface area contributed by atoms with Gasteiger partial charge in [0.25, 0.3) is 0 Å². The summed E-state index contributed by atoms with van der Waals surface area (Å²) in [6.45, 7) is 2.09. The number of ether oxygens (including phenoxy) is 1. The van der Waals surface area contributed by atoms with E-state index >= 15 is 0 Å². The van der Waals surface area contributed by atoms with Gasteiger partial charge in [-0.2, -0.15) is 0 Å². The predicted molar refractivity (Wildman–Crippen MR) is 38.8 cm³/mol. The van der Waals surface area contributed by atoms with Gasteiger partial charge in [0.15, 0.2) is 0 Å². The van der Waals surface area contributed by atoms with Gasteiger partial charge in [-0.1, -0.05) is 6.92 Å². The molecule has 0 saturated heterocycles. The van der Waals surface area contributed by atoms with Crippen LogP contribution in [0.3, 0.4) is 0 Å². The smallest absolute Gasteiger partial charge is 0.133 e. The molecule has 2 nitrogen and oxygen atoms in total. The van der Waals surface area contributed by atoms with E-state index < -0.39 is 0 Å². The molecule has 1 aliphatic carbocycles. The van der Waals surface area contributed by atoms with Crippen molar-refractivity contribution in [3.8, 4) is 0 Å². The molecule has 0 amide bonds. The maximum Gasteiger partial charge on any atom is 0.133 e. The Morgan fingerprint density at radius 1 is 1.70 bits per heavy atom. The van der Waals surface area contributed by atoms with Gasteiger partial charge in [-0.05, 0) is 12.3 Å². The van der Waals surface area contributed by atoms with E-state index in [0.29, 0.717) is 17.8 Å². The number of rotatable bonds is 3. The van der Waals surface area contributed by atoms with E-state index in [1.807, 2.05) is 0 Å². The SMILES string of the molecule is CCC(OC)C1CC(=O)C1. The molecular weight excluding hydrogens is 128 g/mol. The molecule has 2 heteroatoms. The quantitative estimate of drug-likeness (QED) is 0.595. The van der Waals surface area contributed by atoms with Crippen molar-refractivity contribution < 1.29 is 9.53 Å². The van der Waals surface area contributed by atoms with Crippen molar-refractivity contribution in [3.05, 3.63) is 0 Å². The summed E-state index contributed by atoms with van der Waals surface area (Å²) in [5.41, 5.74) is 0. The molecule has 1 unspecified atom stereocenters. The zero-order chi connectivity index (χ0) is 7.56. The second-order valence-corrected chi connectivity index (χ2v) is 2.89. The topological polar surface area (TPSA) is 26.3 Å². The number of methoxy groups -OCH3 is 1. The van der Waals surface area contributed by atoms with Crippen molar-refractivity contribution >= 4 is 5.78 Å². The fraction of sp³-hybridized carbons (Fsp3) is 0.875. The summed E-state index contributed by atoms with van der Waals surface area (Å²) in [5.74, 6) is 0.906. The van der Waals surface area contributed by atoms with Gasteiger partial charge >= 0.3 is 0 Å². The summed E-state index contributed by atoms with van der Waals surface area (Å²) in [6, 6.07) is 0. The average molecular weight is 142 g/mol. The molecule has 1 aliphatic rings. The van der Waals surface area contributed by atoms with Crippen LogP contribution < -0.4 is 0 Å². The minimum Gasteiger partial charge on any atom is -0.381 e. The number of ketones is 1. The maximum atomic E-state index is 10.6. The van der Waals surface area contributed by atoms with Gasteiger partial charge in [-0.15, -0.1) is 0 Å². The van der Waals surface area contributed by atoms with E-state index in [2.05, 4.69) is 6.92 Å². The first-order chi connectivity index (χ1) is 4.77. The molecule has 1 saturated carbocycles. The molecule has 10 heavy (non-hydrogen) atoms. The number of carbonyl (C=O) groups is 1. The van der Waals surface area contributed by atoms with Crippen LogP contribution in [0.2, 0.25) is 0 Å². The minimum absolute atomic E-state index is 0.317. The minimum atomic E-state index is 0.317. The zero-order valence-corrected chi connectivity index (χ0v) is 6.59. The van der Waals surface area contributed by atoms with Crippen molar-refractivity contribution in [1.82, 2.24) is 0 Å². The Bertz CT molecular complexity index is 119. The van der Waals surface area contributed by atoms with Crippen LogP contribution in [-0.2, 0) is 9.53 Å². The molecule has 0 heterocycles. The first-order valence-corrected chi connectivity index (χ1v) is 3.82. The van der Waals surface area contributed by atoms with E-state index in [9.17, 15) is 4.79 Å². The van der Waals surface area contributed by atoms with Crippen molar-refractivity contribution in [2.45, 2.75) is 32.3 Å². The molecule has 58 valence electrons. The lowest BCUT2D eigenvalue weighted by atomic mass is 9.79. The van der Waals surface area contributed by atoms with Crippen LogP contribution >= 0.6 is 0 Å². The Morgan fingerprint density at radius 3 is 2.60 bits per heavy atom. The van der Waals surface area contributed by atoms with E-state index in [1.165, 1.54) is 0 Å². The lowest BCUT2D eigenvalue weighted by molar-refractivity contribution is -0.131. The van der Waals surface area contributed by atoms with Crippen LogP contribution in [0.25, 0.3) is 0 Å². The Hall–Kier alpha value is -0.370. The number of Topliss-reactive ketones (excluding diaryl/α,β-unsaturated/α-hetero) is 1. The lowest BCUT2D eigenvalue weighted by Crippen LogP contribution is -2.34. The summed E-state index contributed by atoms with van der Waals surface area (Å²) in [5, 5.41) is 0. The van der Waals surface area contributed by atoms with E-state index in [4.69, 9.17) is 4.74 Å². The molecule has 0 aliphatic heterocycles. The summed E-state index contributed by atoms with van der Waals surface area (Å²) in [7, 11) is 1.72. The second-order valence-electron chi connectivity index (χ2n) is 2.89. The molecule has 1 rings (SSSR count). The third kappa shape index (κ3) is 1.37. The van der Waals surface area contributed by atoms with Gasteiger partial charge in [0, 0.05) is 20.0 Å². The highest BCUT2D eigenvalue weighted by Crippen LogP contribution is 2.29. The van der Waals surface area contributed by atoms with Crippen molar-refractivity contribution in [1.29, 1.82) is 0 Å². The highest BCUT2D eigenvalue weighted by molar-refractivity contribution is 5.84. The summed E-state index contributed by atoms with van der Waals surface area (Å²) in [6.07, 6.45) is 2.82. The van der Waals surface area contributed by atoms with Crippen LogP contribution in [0.5, 0.6) is 0 Å². The first-order valence-electron chi connectivity index (χ1n) is 3.82. The Balaban J connectivity index is 2.27. The molecular formula is C8H14O2. The van der Waals surface area contributed by atoms with Crippen molar-refractivity contribution in [2.24, 2.45) is 5.92 Å². The number of hydrogen-bond acceptors (Lipinski definition) is 2. The van der Waals surface area contributed by atoms with E-state index in [-0.39, 0.29) is 0 Å². The molecule has 1 fully saturated rings. The number of carbonyl (C=O) groups excluding carboxylic acids is 1. The first kappa shape index (κ1) is 7.73. The largest absolute Gasteiger partial charge is 0.381 e. The predicted octanol–water partition coefficient (Wildman–Crippen LogP) is 1.39. The number of hydrogen-bond donors (Lipinski definition) is 0. The normalized spacial score (nSPS) is 22.4. The van der Waals surface area contributed by atoms with E-state index in [0.717, 1.165) is 19.3 Å². The molecule has 0 spiro atoms. The Kier molecular flexibility index (Phi) is 2.44. The zero-order valence-electron chi connectivity index (χ0n) is 6.59. The Labute approximate surface area is 61.6 Å². The lowest BCUT2D eigenvalue weighted by Gasteiger charge is -2.30. The van der Waals surface area contributed by atoms with Crippen molar-refractivity contribution in [3.63, 3.8) is 0 Å². The van der Waals surface area contributed by atoms with Crippen molar-refractivity contribution in [2.75, 3.05) is 7.11 Å². The van der Waals surface area contributed by atoms with Crippen LogP contribution in [0, 0.1) is 5.92 Å². The Morgan fingerprint density at radius 2 is 2.30 bits per heavy atom. The maximum absolute atomic E-state index is 10.6. The second kappa shape index (κ2) is 3.15. The summed E-state index contributed by atoms with van der Waals surface area (Å²) >= 11 is 0. The molecule has 0 aromatic carbocycles. The van der Waals surface area contributed by atoms with E-state index in [1.54, 1.807) is 7.11 Å². The van der Waals surface area contributed by atoms with Gasteiger partial charge in [0.1, 0.15) is 5.78 Å². The summed E-state index contributed by atoms with van der Waals surface area (Å²) < 4.78 is 5.20. The van der Waals surface area contributed by atoms with Crippen LogP contribution in [0.4, 0.5) is 0 Å². The monoisotopic (exact) mass is 142 g/mol. The third-order valence-corrected chi connectivity index (χ3v) is 2.21. The van der Waals surface area contributed by atoms with Gasteiger partial charge in [-0.3, -0.25) is 4.79 Å². The van der Waals surface area contributed by atoms with Crippen LogP contribution in [0.15, 0.2) is 0 Å². The van der Waals surface area contributed by atoms with Crippen LogP contribution in [-0.4, -0.2) is 19.0 Å². The van der Waals surface area contributed by atoms with Gasteiger partial charge in [-0.25, -0.2) is 0 Å². The molecule has 0 radical (unpaired) electrons. The van der Waals surface area contributed by atoms with Crippen LogP contribution in [0.1, 0.15) is 26.2 Å².